The Bertz CT molecular complexity index is 356. The predicted octanol–water partition coefficient (Wildman–Crippen LogP) is 1.65. The molecule has 0 saturated heterocycles. The van der Waals surface area contributed by atoms with Gasteiger partial charge < -0.3 is 5.73 Å². The number of carbonyl (C=O) groups is 1. The van der Waals surface area contributed by atoms with Gasteiger partial charge in [-0.3, -0.25) is 0 Å². The first kappa shape index (κ1) is 10.5. The normalized spacial score (nSPS) is 10.4. The van der Waals surface area contributed by atoms with Crippen LogP contribution in [-0.4, -0.2) is 12.2 Å². The number of hydrazone groups is 1. The van der Waals surface area contributed by atoms with E-state index in [0.29, 0.717) is 5.02 Å². The molecule has 5 heteroatoms. The number of nitrogens with two attached hydrogens (primary N) is 1. The van der Waals surface area contributed by atoms with E-state index in [1.165, 1.54) is 6.21 Å². The van der Waals surface area contributed by atoms with Crippen LogP contribution in [0.2, 0.25) is 5.02 Å². The van der Waals surface area contributed by atoms with E-state index in [0.717, 1.165) is 11.1 Å². The summed E-state index contributed by atoms with van der Waals surface area (Å²) in [6, 6.07) is 4.76. The molecular formula is C9H10ClN3O. The number of halogens is 1. The Morgan fingerprint density at radius 2 is 2.29 bits per heavy atom. The second-order valence-corrected chi connectivity index (χ2v) is 3.23. The Kier molecular flexibility index (Phi) is 3.48. The van der Waals surface area contributed by atoms with Crippen LogP contribution in [0.4, 0.5) is 4.79 Å². The summed E-state index contributed by atoms with van der Waals surface area (Å²) in [5.74, 6) is 0. The Morgan fingerprint density at radius 1 is 1.57 bits per heavy atom. The van der Waals surface area contributed by atoms with Gasteiger partial charge in [0, 0.05) is 5.02 Å². The third kappa shape index (κ3) is 3.45. The van der Waals surface area contributed by atoms with E-state index >= 15 is 0 Å². The minimum atomic E-state index is -0.694. The second kappa shape index (κ2) is 4.62. The fraction of sp³-hybridized carbons (Fsp3) is 0.111. The van der Waals surface area contributed by atoms with Crippen LogP contribution in [0, 0.1) is 6.92 Å². The summed E-state index contributed by atoms with van der Waals surface area (Å²) in [5.41, 5.74) is 8.76. The molecule has 0 aliphatic rings. The van der Waals surface area contributed by atoms with E-state index in [-0.39, 0.29) is 0 Å². The maximum atomic E-state index is 10.3. The van der Waals surface area contributed by atoms with E-state index < -0.39 is 6.03 Å². The fourth-order valence-corrected chi connectivity index (χ4v) is 1.31. The molecule has 4 nitrogen and oxygen atoms in total. The van der Waals surface area contributed by atoms with E-state index in [1.54, 1.807) is 6.07 Å². The molecule has 0 aromatic heterocycles. The van der Waals surface area contributed by atoms with Gasteiger partial charge in [-0.25, -0.2) is 10.2 Å². The molecule has 14 heavy (non-hydrogen) atoms. The number of rotatable bonds is 2. The van der Waals surface area contributed by atoms with Crippen molar-refractivity contribution in [1.29, 1.82) is 0 Å². The lowest BCUT2D eigenvalue weighted by molar-refractivity contribution is 0.249. The van der Waals surface area contributed by atoms with Crippen molar-refractivity contribution in [2.45, 2.75) is 6.92 Å². The third-order valence-corrected chi connectivity index (χ3v) is 1.67. The average molecular weight is 212 g/mol. The predicted molar refractivity (Wildman–Crippen MR) is 56.5 cm³/mol. The molecule has 0 heterocycles. The van der Waals surface area contributed by atoms with Gasteiger partial charge in [0.05, 0.1) is 6.21 Å². The van der Waals surface area contributed by atoms with Gasteiger partial charge in [0.2, 0.25) is 0 Å². The van der Waals surface area contributed by atoms with Crippen LogP contribution >= 0.6 is 11.6 Å². The van der Waals surface area contributed by atoms with Gasteiger partial charge in [0.25, 0.3) is 0 Å². The van der Waals surface area contributed by atoms with Gasteiger partial charge >= 0.3 is 6.03 Å². The summed E-state index contributed by atoms with van der Waals surface area (Å²) in [5, 5.41) is 4.25. The first-order valence-corrected chi connectivity index (χ1v) is 4.31. The fourth-order valence-electron chi connectivity index (χ4n) is 1.01. The zero-order valence-electron chi connectivity index (χ0n) is 7.62. The number of urea groups is 1. The largest absolute Gasteiger partial charge is 0.350 e. The molecule has 0 unspecified atom stereocenters. The molecule has 0 aliphatic heterocycles. The molecule has 0 aliphatic carbocycles. The quantitative estimate of drug-likeness (QED) is 0.567. The summed E-state index contributed by atoms with van der Waals surface area (Å²) in [6.45, 7) is 1.92. The lowest BCUT2D eigenvalue weighted by Crippen LogP contribution is -2.24. The Labute approximate surface area is 86.7 Å². The van der Waals surface area contributed by atoms with Crippen LogP contribution in [0.25, 0.3) is 0 Å². The van der Waals surface area contributed by atoms with Crippen molar-refractivity contribution in [1.82, 2.24) is 5.43 Å². The van der Waals surface area contributed by atoms with Crippen molar-refractivity contribution in [3.63, 3.8) is 0 Å². The lowest BCUT2D eigenvalue weighted by Gasteiger charge is -1.97. The van der Waals surface area contributed by atoms with Gasteiger partial charge in [-0.15, -0.1) is 0 Å². The summed E-state index contributed by atoms with van der Waals surface area (Å²) in [7, 11) is 0. The van der Waals surface area contributed by atoms with Crippen LogP contribution < -0.4 is 11.2 Å². The first-order chi connectivity index (χ1) is 6.58. The van der Waals surface area contributed by atoms with Crippen molar-refractivity contribution < 1.29 is 4.79 Å². The molecule has 1 aromatic rings. The highest BCUT2D eigenvalue weighted by molar-refractivity contribution is 6.30. The Balaban J connectivity index is 2.76. The summed E-state index contributed by atoms with van der Waals surface area (Å²) >= 11 is 5.82. The lowest BCUT2D eigenvalue weighted by atomic mass is 10.1. The van der Waals surface area contributed by atoms with E-state index in [9.17, 15) is 4.79 Å². The molecule has 0 spiro atoms. The maximum Gasteiger partial charge on any atom is 0.332 e. The van der Waals surface area contributed by atoms with Crippen molar-refractivity contribution >= 4 is 23.8 Å². The number of hydrogen-bond donors (Lipinski definition) is 2. The number of nitrogens with zero attached hydrogens (tertiary/aromatic N) is 1. The van der Waals surface area contributed by atoms with Gasteiger partial charge in [-0.1, -0.05) is 17.7 Å². The average Bonchev–Trinajstić information content (AvgIpc) is 2.01. The smallest absolute Gasteiger partial charge is 0.332 e. The number of benzene rings is 1. The maximum absolute atomic E-state index is 10.3. The molecule has 74 valence electrons. The van der Waals surface area contributed by atoms with Crippen molar-refractivity contribution in [3.8, 4) is 0 Å². The van der Waals surface area contributed by atoms with Gasteiger partial charge in [-0.2, -0.15) is 5.10 Å². The highest BCUT2D eigenvalue weighted by Crippen LogP contribution is 2.12. The van der Waals surface area contributed by atoms with Crippen LogP contribution in [0.1, 0.15) is 11.1 Å². The van der Waals surface area contributed by atoms with E-state index in [1.807, 2.05) is 19.1 Å². The van der Waals surface area contributed by atoms with Crippen molar-refractivity contribution in [2.24, 2.45) is 10.8 Å². The van der Waals surface area contributed by atoms with Crippen molar-refractivity contribution in [3.05, 3.63) is 34.3 Å². The van der Waals surface area contributed by atoms with Gasteiger partial charge in [-0.05, 0) is 30.2 Å². The highest BCUT2D eigenvalue weighted by Gasteiger charge is 1.93. The Morgan fingerprint density at radius 3 is 2.86 bits per heavy atom. The molecule has 1 aromatic carbocycles. The van der Waals surface area contributed by atoms with Crippen LogP contribution in [0.3, 0.4) is 0 Å². The van der Waals surface area contributed by atoms with Crippen molar-refractivity contribution in [2.75, 3.05) is 0 Å². The zero-order chi connectivity index (χ0) is 10.6. The van der Waals surface area contributed by atoms with Crippen LogP contribution in [0.5, 0.6) is 0 Å². The molecule has 0 saturated carbocycles. The summed E-state index contributed by atoms with van der Waals surface area (Å²) < 4.78 is 0. The van der Waals surface area contributed by atoms with Crippen LogP contribution in [-0.2, 0) is 0 Å². The molecular weight excluding hydrogens is 202 g/mol. The molecule has 3 N–H and O–H groups in total. The second-order valence-electron chi connectivity index (χ2n) is 2.80. The third-order valence-electron chi connectivity index (χ3n) is 1.45. The molecule has 0 radical (unpaired) electrons. The minimum absolute atomic E-state index is 0.630. The number of carbonyl (C=O) groups excluding carboxylic acids is 1. The summed E-state index contributed by atoms with van der Waals surface area (Å²) in [6.07, 6.45) is 1.48. The van der Waals surface area contributed by atoms with Gasteiger partial charge in [0.1, 0.15) is 0 Å². The number of nitrogens with one attached hydrogen (secondary N) is 1. The number of amides is 2. The topological polar surface area (TPSA) is 67.5 Å². The highest BCUT2D eigenvalue weighted by atomic mass is 35.5. The molecule has 2 amide bonds. The molecule has 0 fully saturated rings. The van der Waals surface area contributed by atoms with E-state index in [2.05, 4.69) is 10.5 Å². The number of aryl methyl sites for hydroxylation is 1. The summed E-state index contributed by atoms with van der Waals surface area (Å²) in [4.78, 5) is 10.3. The first-order valence-electron chi connectivity index (χ1n) is 3.93. The molecule has 0 atom stereocenters. The molecule has 1 rings (SSSR count). The molecule has 0 bridgehead atoms. The van der Waals surface area contributed by atoms with E-state index in [4.69, 9.17) is 17.3 Å². The monoisotopic (exact) mass is 211 g/mol. The minimum Gasteiger partial charge on any atom is -0.350 e. The number of hydrogen-bond acceptors (Lipinski definition) is 2. The van der Waals surface area contributed by atoms with Gasteiger partial charge in [0.15, 0.2) is 0 Å². The standard InChI is InChI=1S/C9H10ClN3O/c1-6-2-7(4-8(10)3-6)5-12-13-9(11)14/h2-5H,1H3,(H3,11,13,14)/b12-5+. The number of primary amides is 1. The Hall–Kier alpha value is -1.55. The SMILES string of the molecule is Cc1cc(Cl)cc(/C=N/NC(N)=O)c1. The zero-order valence-corrected chi connectivity index (χ0v) is 8.38. The van der Waals surface area contributed by atoms with Crippen LogP contribution in [0.15, 0.2) is 23.3 Å².